The Morgan fingerprint density at radius 1 is 0.144 bits per heavy atom. The first kappa shape index (κ1) is 58.2. The van der Waals surface area contributed by atoms with Gasteiger partial charge in [0.1, 0.15) is 22.3 Å². The molecule has 0 radical (unpaired) electrons. The van der Waals surface area contributed by atoms with Gasteiger partial charge in [0.25, 0.3) is 0 Å². The van der Waals surface area contributed by atoms with Crippen LogP contribution in [0.3, 0.4) is 0 Å². The number of furan rings is 2. The molecule has 2 heteroatoms. The quantitative estimate of drug-likeness (QED) is 0.127. The number of benzene rings is 21. The molecule has 0 saturated heterocycles. The molecule has 23 rings (SSSR count). The lowest BCUT2D eigenvalue weighted by Gasteiger charge is -2.20. The zero-order valence-corrected chi connectivity index (χ0v) is 56.5. The molecule has 0 aliphatic carbocycles. The van der Waals surface area contributed by atoms with E-state index < -0.39 is 0 Å². The van der Waals surface area contributed by atoms with E-state index >= 15 is 0 Å². The van der Waals surface area contributed by atoms with E-state index in [1.54, 1.807) is 0 Å². The van der Waals surface area contributed by atoms with E-state index in [1.165, 1.54) is 185 Å². The summed E-state index contributed by atoms with van der Waals surface area (Å²) < 4.78 is 13.4. The molecule has 0 fully saturated rings. The molecule has 0 unspecified atom stereocenters. The van der Waals surface area contributed by atoms with E-state index in [2.05, 4.69) is 364 Å². The molecule has 2 nitrogen and oxygen atoms in total. The molecule has 104 heavy (non-hydrogen) atoms. The van der Waals surface area contributed by atoms with Gasteiger partial charge in [-0.05, 0) is 204 Å². The number of rotatable bonds is 5. The lowest BCUT2D eigenvalue weighted by Crippen LogP contribution is -1.92. The van der Waals surface area contributed by atoms with Crippen molar-refractivity contribution in [3.8, 4) is 55.6 Å². The predicted octanol–water partition coefficient (Wildman–Crippen LogP) is 29.3. The monoisotopic (exact) mass is 1320 g/mol. The molecule has 0 amide bonds. The second-order valence-corrected chi connectivity index (χ2v) is 27.9. The average molecular weight is 1320 g/mol. The van der Waals surface area contributed by atoms with E-state index in [0.717, 1.165) is 43.9 Å². The minimum atomic E-state index is 0.908. The smallest absolute Gasteiger partial charge is 0.143 e. The Balaban J connectivity index is 0.000000131. The van der Waals surface area contributed by atoms with Crippen molar-refractivity contribution in [2.75, 3.05) is 0 Å². The number of hydrogen-bond acceptors (Lipinski definition) is 2. The molecule has 2 heterocycles. The summed E-state index contributed by atoms with van der Waals surface area (Å²) in [4.78, 5) is 0. The summed E-state index contributed by atoms with van der Waals surface area (Å²) in [5.74, 6) is 0. The summed E-state index contributed by atoms with van der Waals surface area (Å²) in [6.07, 6.45) is 0. The van der Waals surface area contributed by atoms with Gasteiger partial charge in [0.15, 0.2) is 0 Å². The Bertz CT molecular complexity index is 7480. The van der Waals surface area contributed by atoms with Crippen LogP contribution in [0.15, 0.2) is 373 Å². The van der Waals surface area contributed by atoms with Crippen LogP contribution in [-0.2, 0) is 0 Å². The second kappa shape index (κ2) is 22.9. The lowest BCUT2D eigenvalue weighted by molar-refractivity contribution is 0.672. The standard InChI is InChI=1S/C52H30O.C50H30O/c1-2-14-34-31(13-1)25-26-32-29-45(37-17-4-6-18-38(37)48(32)34)50-42-22-10-8-20-40(42)49(41-21-9-11-23-43(41)50)33-27-28-47-46(30-33)51-39-19-7-3-15-35(39)36-16-5-12-24-44(36)52(51)53-47;1-2-14-35-31(12-1)13-11-23-36(35)32-24-26-33(27-25-32)47-40-18-6-8-20-42(40)48(43-21-9-7-19-41(43)47)34-28-29-46-45(30-34)49-39-17-5-3-15-37(39)38-16-4-10-22-44(38)50(49)51-46/h1-30H;1-30H. The van der Waals surface area contributed by atoms with Gasteiger partial charge in [0.05, 0.1) is 0 Å². The number of hydrogen-bond donors (Lipinski definition) is 0. The minimum Gasteiger partial charge on any atom is -0.455 e. The van der Waals surface area contributed by atoms with Crippen LogP contribution in [0, 0.1) is 0 Å². The third-order valence-corrected chi connectivity index (χ3v) is 22.4. The zero-order chi connectivity index (χ0) is 68.1. The van der Waals surface area contributed by atoms with Crippen molar-refractivity contribution in [3.05, 3.63) is 364 Å². The van der Waals surface area contributed by atoms with E-state index in [4.69, 9.17) is 8.83 Å². The first-order chi connectivity index (χ1) is 51.6. The van der Waals surface area contributed by atoms with Crippen molar-refractivity contribution in [1.82, 2.24) is 0 Å². The van der Waals surface area contributed by atoms with Crippen LogP contribution in [0.4, 0.5) is 0 Å². The molecule has 480 valence electrons. The molecule has 0 spiro atoms. The number of fused-ring (bicyclic) bond motifs is 26. The van der Waals surface area contributed by atoms with Crippen molar-refractivity contribution >= 4 is 173 Å². The largest absolute Gasteiger partial charge is 0.455 e. The second-order valence-electron chi connectivity index (χ2n) is 27.9. The summed E-state index contributed by atoms with van der Waals surface area (Å²) in [7, 11) is 0. The highest BCUT2D eigenvalue weighted by Gasteiger charge is 2.24. The highest BCUT2D eigenvalue weighted by Crippen LogP contribution is 2.51. The minimum absolute atomic E-state index is 0.908. The fourth-order valence-corrected chi connectivity index (χ4v) is 18.0. The molecule has 0 aliphatic heterocycles. The summed E-state index contributed by atoms with van der Waals surface area (Å²) in [6.45, 7) is 0. The Hall–Kier alpha value is -13.7. The maximum atomic E-state index is 6.72. The van der Waals surface area contributed by atoms with Gasteiger partial charge in [-0.2, -0.15) is 0 Å². The predicted molar refractivity (Wildman–Crippen MR) is 445 cm³/mol. The lowest BCUT2D eigenvalue weighted by atomic mass is 9.83. The Morgan fingerprint density at radius 3 is 0.913 bits per heavy atom. The van der Waals surface area contributed by atoms with Crippen LogP contribution in [0.1, 0.15) is 0 Å². The molecule has 0 atom stereocenters. The molecular formula is C102H60O2. The Kier molecular flexibility index (Phi) is 12.8. The van der Waals surface area contributed by atoms with Crippen molar-refractivity contribution in [1.29, 1.82) is 0 Å². The van der Waals surface area contributed by atoms with Crippen LogP contribution in [0.5, 0.6) is 0 Å². The fourth-order valence-electron chi connectivity index (χ4n) is 18.0. The molecule has 23 aromatic rings. The van der Waals surface area contributed by atoms with Crippen LogP contribution in [0.2, 0.25) is 0 Å². The maximum absolute atomic E-state index is 6.72. The average Bonchev–Trinajstić information content (AvgIpc) is 1.67. The van der Waals surface area contributed by atoms with Crippen LogP contribution in [-0.4, -0.2) is 0 Å². The van der Waals surface area contributed by atoms with Crippen LogP contribution in [0.25, 0.3) is 229 Å². The Labute approximate surface area is 597 Å². The SMILES string of the molecule is c1ccc2c(-c3ccc(-c4c5ccccc5c(-c5ccc6oc7c8ccccc8c8ccccc8c7c6c5)c5ccccc45)cc3)cccc2c1.c1ccc2c(c1)ccc1cc(-c3c4ccccc4c(-c4ccc5oc6c7ccccc7c7ccccc7c6c5c4)c4ccccc34)c3ccccc3c12. The van der Waals surface area contributed by atoms with E-state index in [1.807, 2.05) is 0 Å². The van der Waals surface area contributed by atoms with Gasteiger partial charge in [-0.1, -0.05) is 334 Å². The van der Waals surface area contributed by atoms with E-state index in [-0.39, 0.29) is 0 Å². The molecule has 0 saturated carbocycles. The third-order valence-electron chi connectivity index (χ3n) is 22.4. The van der Waals surface area contributed by atoms with Gasteiger partial charge in [-0.25, -0.2) is 0 Å². The molecule has 0 N–H and O–H groups in total. The molecule has 0 aliphatic rings. The van der Waals surface area contributed by atoms with Gasteiger partial charge >= 0.3 is 0 Å². The van der Waals surface area contributed by atoms with Crippen molar-refractivity contribution in [3.63, 3.8) is 0 Å². The van der Waals surface area contributed by atoms with Gasteiger partial charge in [-0.3, -0.25) is 0 Å². The summed E-state index contributed by atoms with van der Waals surface area (Å²) in [5, 5.41) is 34.5. The topological polar surface area (TPSA) is 26.3 Å². The van der Waals surface area contributed by atoms with Crippen LogP contribution < -0.4 is 0 Å². The Morgan fingerprint density at radius 2 is 0.452 bits per heavy atom. The molecular weight excluding hydrogens is 1260 g/mol. The maximum Gasteiger partial charge on any atom is 0.143 e. The van der Waals surface area contributed by atoms with E-state index in [9.17, 15) is 0 Å². The van der Waals surface area contributed by atoms with Gasteiger partial charge in [0, 0.05) is 32.3 Å². The highest BCUT2D eigenvalue weighted by atomic mass is 16.3. The van der Waals surface area contributed by atoms with Gasteiger partial charge in [0.2, 0.25) is 0 Å². The van der Waals surface area contributed by atoms with Crippen molar-refractivity contribution < 1.29 is 8.83 Å². The summed E-state index contributed by atoms with van der Waals surface area (Å²) >= 11 is 0. The molecule has 0 bridgehead atoms. The van der Waals surface area contributed by atoms with Crippen molar-refractivity contribution in [2.45, 2.75) is 0 Å². The normalized spacial score (nSPS) is 12.0. The molecule has 2 aromatic heterocycles. The van der Waals surface area contributed by atoms with Gasteiger partial charge in [-0.15, -0.1) is 0 Å². The first-order valence-corrected chi connectivity index (χ1v) is 35.9. The fraction of sp³-hybridized carbons (Fsp3) is 0. The van der Waals surface area contributed by atoms with Crippen molar-refractivity contribution in [2.24, 2.45) is 0 Å². The molecule has 21 aromatic carbocycles. The van der Waals surface area contributed by atoms with E-state index in [0.29, 0.717) is 0 Å². The van der Waals surface area contributed by atoms with Gasteiger partial charge < -0.3 is 8.83 Å². The highest BCUT2D eigenvalue weighted by molar-refractivity contribution is 6.34. The third kappa shape index (κ3) is 8.70. The first-order valence-electron chi connectivity index (χ1n) is 35.9. The zero-order valence-electron chi connectivity index (χ0n) is 56.5. The summed E-state index contributed by atoms with van der Waals surface area (Å²) in [6, 6.07) is 133. The summed E-state index contributed by atoms with van der Waals surface area (Å²) in [5.41, 5.74) is 16.1. The van der Waals surface area contributed by atoms with Crippen LogP contribution >= 0.6 is 0 Å².